The van der Waals surface area contributed by atoms with Crippen LogP contribution in [0.1, 0.15) is 6.42 Å². The van der Waals surface area contributed by atoms with Gasteiger partial charge in [-0.05, 0) is 6.42 Å². The molecular formula is C9H14F4N2O2. The number of ether oxygens (including phenoxy) is 1. The monoisotopic (exact) mass is 258 g/mol. The van der Waals surface area contributed by atoms with E-state index in [-0.39, 0.29) is 6.04 Å². The third-order valence-corrected chi connectivity index (χ3v) is 2.42. The van der Waals surface area contributed by atoms with Gasteiger partial charge in [-0.3, -0.25) is 4.79 Å². The van der Waals surface area contributed by atoms with Crippen LogP contribution < -0.4 is 5.73 Å². The number of likely N-dealkylation sites (tertiary alicyclic amines) is 1. The lowest BCUT2D eigenvalue weighted by atomic mass is 10.3. The molecule has 0 aromatic rings. The fraction of sp³-hybridized carbons (Fsp3) is 0.889. The van der Waals surface area contributed by atoms with Gasteiger partial charge < -0.3 is 15.4 Å². The summed E-state index contributed by atoms with van der Waals surface area (Å²) in [4.78, 5) is 12.7. The maximum Gasteiger partial charge on any atom is 0.330 e. The van der Waals surface area contributed by atoms with Crippen LogP contribution in [-0.4, -0.2) is 55.5 Å². The van der Waals surface area contributed by atoms with Crippen molar-refractivity contribution < 1.29 is 27.1 Å². The van der Waals surface area contributed by atoms with E-state index in [9.17, 15) is 22.4 Å². The van der Waals surface area contributed by atoms with E-state index in [0.29, 0.717) is 19.5 Å². The lowest BCUT2D eigenvalue weighted by Gasteiger charge is -2.18. The number of rotatable bonds is 5. The Kier molecular flexibility index (Phi) is 4.70. The lowest BCUT2D eigenvalue weighted by Crippen LogP contribution is -2.37. The summed E-state index contributed by atoms with van der Waals surface area (Å²) in [6.07, 6.45) is -3.16. The summed E-state index contributed by atoms with van der Waals surface area (Å²) in [6, 6.07) is -0.124. The molecule has 1 aliphatic heterocycles. The Hall–Kier alpha value is -0.890. The number of alkyl halides is 4. The fourth-order valence-electron chi connectivity index (χ4n) is 1.44. The van der Waals surface area contributed by atoms with Gasteiger partial charge in [0.2, 0.25) is 5.91 Å². The largest absolute Gasteiger partial charge is 0.365 e. The van der Waals surface area contributed by atoms with Crippen LogP contribution in [0.4, 0.5) is 17.6 Å². The van der Waals surface area contributed by atoms with Crippen molar-refractivity contribution in [3.05, 3.63) is 0 Å². The van der Waals surface area contributed by atoms with E-state index >= 15 is 0 Å². The highest BCUT2D eigenvalue weighted by molar-refractivity contribution is 5.77. The molecule has 0 aromatic heterocycles. The zero-order valence-electron chi connectivity index (χ0n) is 9.04. The first-order valence-corrected chi connectivity index (χ1v) is 5.10. The first kappa shape index (κ1) is 14.2. The van der Waals surface area contributed by atoms with Crippen molar-refractivity contribution >= 4 is 5.91 Å². The van der Waals surface area contributed by atoms with Crippen LogP contribution in [0.3, 0.4) is 0 Å². The average Bonchev–Trinajstić information content (AvgIpc) is 2.64. The van der Waals surface area contributed by atoms with E-state index in [1.54, 1.807) is 0 Å². The number of halogens is 4. The van der Waals surface area contributed by atoms with E-state index in [4.69, 9.17) is 5.73 Å². The molecule has 1 aliphatic rings. The van der Waals surface area contributed by atoms with Crippen molar-refractivity contribution in [3.8, 4) is 0 Å². The van der Waals surface area contributed by atoms with Gasteiger partial charge in [-0.1, -0.05) is 0 Å². The molecule has 4 nitrogen and oxygen atoms in total. The van der Waals surface area contributed by atoms with Gasteiger partial charge in [-0.15, -0.1) is 0 Å². The summed E-state index contributed by atoms with van der Waals surface area (Å²) in [7, 11) is 0. The smallest absolute Gasteiger partial charge is 0.330 e. The molecule has 0 spiro atoms. The van der Waals surface area contributed by atoms with Crippen molar-refractivity contribution in [2.24, 2.45) is 5.73 Å². The van der Waals surface area contributed by atoms with Crippen molar-refractivity contribution in [3.63, 3.8) is 0 Å². The summed E-state index contributed by atoms with van der Waals surface area (Å²) in [5, 5.41) is 0. The van der Waals surface area contributed by atoms with Crippen LogP contribution in [0.25, 0.3) is 0 Å². The Bertz CT molecular complexity index is 276. The molecule has 1 atom stereocenters. The Morgan fingerprint density at radius 3 is 2.65 bits per heavy atom. The van der Waals surface area contributed by atoms with E-state index in [2.05, 4.69) is 4.74 Å². The predicted octanol–water partition coefficient (Wildman–Crippen LogP) is 0.463. The summed E-state index contributed by atoms with van der Waals surface area (Å²) >= 11 is 0. The minimum atomic E-state index is -4.22. The SMILES string of the molecule is N[C@H]1CCN(C(=O)COCC(F)(F)C(F)F)C1. The van der Waals surface area contributed by atoms with E-state index in [0.717, 1.165) is 0 Å². The number of hydrogen-bond acceptors (Lipinski definition) is 3. The first-order valence-electron chi connectivity index (χ1n) is 5.10. The standard InChI is InChI=1S/C9H14F4N2O2/c10-8(11)9(12,13)5-17-4-7(16)15-2-1-6(14)3-15/h6,8H,1-5,14H2/t6-/m0/s1. The molecule has 2 N–H and O–H groups in total. The van der Waals surface area contributed by atoms with Gasteiger partial charge in [0.25, 0.3) is 0 Å². The Morgan fingerprint density at radius 1 is 1.53 bits per heavy atom. The molecule has 1 fully saturated rings. The van der Waals surface area contributed by atoms with E-state index in [1.165, 1.54) is 4.90 Å². The zero-order chi connectivity index (χ0) is 13.1. The Balaban J connectivity index is 2.25. The second-order valence-electron chi connectivity index (χ2n) is 3.94. The molecule has 0 radical (unpaired) electrons. The van der Waals surface area contributed by atoms with Crippen molar-refractivity contribution in [1.29, 1.82) is 0 Å². The van der Waals surface area contributed by atoms with Crippen molar-refractivity contribution in [2.75, 3.05) is 26.3 Å². The number of hydrogen-bond donors (Lipinski definition) is 1. The van der Waals surface area contributed by atoms with Crippen molar-refractivity contribution in [2.45, 2.75) is 24.8 Å². The molecule has 8 heteroatoms. The Morgan fingerprint density at radius 2 is 2.18 bits per heavy atom. The topological polar surface area (TPSA) is 55.6 Å². The number of amides is 1. The first-order chi connectivity index (χ1) is 7.83. The molecule has 0 unspecified atom stereocenters. The van der Waals surface area contributed by atoms with Crippen LogP contribution in [0.15, 0.2) is 0 Å². The molecular weight excluding hydrogens is 244 g/mol. The minimum absolute atomic E-state index is 0.124. The normalized spacial score (nSPS) is 21.3. The molecule has 0 aromatic carbocycles. The molecule has 0 bridgehead atoms. The van der Waals surface area contributed by atoms with Gasteiger partial charge in [0.1, 0.15) is 13.2 Å². The molecule has 0 aliphatic carbocycles. The second kappa shape index (κ2) is 5.63. The summed E-state index contributed by atoms with van der Waals surface area (Å²) in [5.41, 5.74) is 5.55. The highest BCUT2D eigenvalue weighted by atomic mass is 19.3. The van der Waals surface area contributed by atoms with Crippen LogP contribution >= 0.6 is 0 Å². The number of carbonyl (C=O) groups excluding carboxylic acids is 1. The lowest BCUT2D eigenvalue weighted by molar-refractivity contribution is -0.170. The van der Waals surface area contributed by atoms with Gasteiger partial charge >= 0.3 is 12.3 Å². The Labute approximate surface area is 95.7 Å². The maximum atomic E-state index is 12.4. The van der Waals surface area contributed by atoms with Gasteiger partial charge in [-0.2, -0.15) is 8.78 Å². The number of carbonyl (C=O) groups is 1. The molecule has 1 amide bonds. The number of nitrogens with zero attached hydrogens (tertiary/aromatic N) is 1. The molecule has 17 heavy (non-hydrogen) atoms. The second-order valence-corrected chi connectivity index (χ2v) is 3.94. The predicted molar refractivity (Wildman–Crippen MR) is 50.9 cm³/mol. The highest BCUT2D eigenvalue weighted by Crippen LogP contribution is 2.22. The fourth-order valence-corrected chi connectivity index (χ4v) is 1.44. The minimum Gasteiger partial charge on any atom is -0.365 e. The molecule has 1 saturated heterocycles. The van der Waals surface area contributed by atoms with Crippen LogP contribution in [-0.2, 0) is 9.53 Å². The molecule has 1 heterocycles. The summed E-state index contributed by atoms with van der Waals surface area (Å²) < 4.78 is 52.6. The van der Waals surface area contributed by atoms with Crippen LogP contribution in [0.2, 0.25) is 0 Å². The van der Waals surface area contributed by atoms with Gasteiger partial charge in [0.05, 0.1) is 0 Å². The average molecular weight is 258 g/mol. The van der Waals surface area contributed by atoms with Crippen molar-refractivity contribution in [1.82, 2.24) is 4.90 Å². The third kappa shape index (κ3) is 4.12. The van der Waals surface area contributed by atoms with Crippen LogP contribution in [0.5, 0.6) is 0 Å². The van der Waals surface area contributed by atoms with Crippen LogP contribution in [0, 0.1) is 0 Å². The number of nitrogens with two attached hydrogens (primary N) is 1. The maximum absolute atomic E-state index is 12.4. The third-order valence-electron chi connectivity index (χ3n) is 2.42. The summed E-state index contributed by atoms with van der Waals surface area (Å²) in [5.74, 6) is -4.73. The molecule has 100 valence electrons. The molecule has 0 saturated carbocycles. The van der Waals surface area contributed by atoms with E-state index < -0.39 is 31.5 Å². The quantitative estimate of drug-likeness (QED) is 0.729. The molecule has 1 rings (SSSR count). The van der Waals surface area contributed by atoms with E-state index in [1.807, 2.05) is 0 Å². The zero-order valence-corrected chi connectivity index (χ0v) is 9.04. The van der Waals surface area contributed by atoms with Gasteiger partial charge in [-0.25, -0.2) is 8.78 Å². The van der Waals surface area contributed by atoms with Gasteiger partial charge in [0, 0.05) is 19.1 Å². The van der Waals surface area contributed by atoms with Gasteiger partial charge in [0.15, 0.2) is 0 Å². The highest BCUT2D eigenvalue weighted by Gasteiger charge is 2.41. The summed E-state index contributed by atoms with van der Waals surface area (Å²) in [6.45, 7) is -1.31.